The van der Waals surface area contributed by atoms with Gasteiger partial charge in [-0.25, -0.2) is 0 Å². The predicted octanol–water partition coefficient (Wildman–Crippen LogP) is 14.1. The fourth-order valence-electron chi connectivity index (χ4n) is 5.66. The molecule has 0 unspecified atom stereocenters. The summed E-state index contributed by atoms with van der Waals surface area (Å²) in [4.78, 5) is 0. The SMILES string of the molecule is Cc1cc(O[B-](Oc2cc(C)c(Cl)cc2C(C)C)(Oc2cc(C)c(Cl)cc2C(C)C)Oc2cc(C)c(Cl)cc2C(C)C)c(C(C)C)cc1Cl. The molecule has 0 spiro atoms. The Bertz CT molecular complexity index is 1570. The standard InChI is InChI=1S/C40H48BCl4O4/c1-21(2)29-17-33(42)25(9)13-37(29)46-41(47-38-14-26(10)34(43)18-30(38)22(3)4,48-39-15-27(11)35(44)19-31(39)23(5)6)49-40-16-28(12)36(45)20-32(40)24(7)8/h13-24H,1-12H3/q-1. The highest BCUT2D eigenvalue weighted by Crippen LogP contribution is 2.42. The first-order valence-electron chi connectivity index (χ1n) is 16.9. The van der Waals surface area contributed by atoms with Crippen molar-refractivity contribution in [3.63, 3.8) is 0 Å². The Morgan fingerprint density at radius 1 is 0.367 bits per heavy atom. The van der Waals surface area contributed by atoms with E-state index in [1.165, 1.54) is 0 Å². The summed E-state index contributed by atoms with van der Waals surface area (Å²) < 4.78 is 28.4. The molecule has 49 heavy (non-hydrogen) atoms. The van der Waals surface area contributed by atoms with Crippen LogP contribution < -0.4 is 18.6 Å². The second-order valence-electron chi connectivity index (χ2n) is 14.2. The average Bonchev–Trinajstić information content (AvgIpc) is 2.99. The Morgan fingerprint density at radius 2 is 0.551 bits per heavy atom. The summed E-state index contributed by atoms with van der Waals surface area (Å²) in [6, 6.07) is 15.4. The normalized spacial score (nSPS) is 12.0. The van der Waals surface area contributed by atoms with Crippen LogP contribution in [0.2, 0.25) is 20.1 Å². The predicted molar refractivity (Wildman–Crippen MR) is 209 cm³/mol. The van der Waals surface area contributed by atoms with Crippen molar-refractivity contribution < 1.29 is 18.6 Å². The molecular weight excluding hydrogens is 697 g/mol. The van der Waals surface area contributed by atoms with Crippen LogP contribution in [0.25, 0.3) is 0 Å². The van der Waals surface area contributed by atoms with Crippen LogP contribution >= 0.6 is 46.4 Å². The Morgan fingerprint density at radius 3 is 0.714 bits per heavy atom. The van der Waals surface area contributed by atoms with E-state index in [0.717, 1.165) is 44.5 Å². The van der Waals surface area contributed by atoms with Crippen LogP contribution in [-0.4, -0.2) is 6.96 Å². The van der Waals surface area contributed by atoms with Crippen LogP contribution in [0, 0.1) is 27.7 Å². The number of hydrogen-bond acceptors (Lipinski definition) is 4. The van der Waals surface area contributed by atoms with Crippen molar-refractivity contribution in [2.24, 2.45) is 0 Å². The van der Waals surface area contributed by atoms with Crippen molar-refractivity contribution in [2.75, 3.05) is 0 Å². The summed E-state index contributed by atoms with van der Waals surface area (Å²) in [5, 5.41) is 2.55. The maximum Gasteiger partial charge on any atom is 0.777 e. The zero-order valence-electron chi connectivity index (χ0n) is 30.7. The van der Waals surface area contributed by atoms with Crippen molar-refractivity contribution in [3.05, 3.63) is 113 Å². The summed E-state index contributed by atoms with van der Waals surface area (Å²) in [6.07, 6.45) is 0. The third kappa shape index (κ3) is 8.97. The number of halogens is 4. The monoisotopic (exact) mass is 743 g/mol. The molecule has 0 atom stereocenters. The molecule has 0 amide bonds. The maximum atomic E-state index is 7.10. The number of aryl methyl sites for hydroxylation is 4. The molecule has 0 aromatic heterocycles. The average molecular weight is 745 g/mol. The first-order valence-corrected chi connectivity index (χ1v) is 18.4. The van der Waals surface area contributed by atoms with Crippen molar-refractivity contribution in [2.45, 2.75) is 107 Å². The Hall–Kier alpha value is -2.70. The van der Waals surface area contributed by atoms with Gasteiger partial charge in [0.05, 0.1) is 23.0 Å². The lowest BCUT2D eigenvalue weighted by atomic mass is 9.93. The highest BCUT2D eigenvalue weighted by atomic mass is 35.5. The first kappa shape index (κ1) is 39.1. The Kier molecular flexibility index (Phi) is 12.5. The first-order chi connectivity index (χ1) is 22.8. The smallest absolute Gasteiger partial charge is 0.611 e. The van der Waals surface area contributed by atoms with Gasteiger partial charge in [-0.3, -0.25) is 0 Å². The Balaban J connectivity index is 2.13. The fraction of sp³-hybridized carbons (Fsp3) is 0.400. The molecule has 0 saturated heterocycles. The molecule has 4 aromatic rings. The van der Waals surface area contributed by atoms with E-state index in [9.17, 15) is 0 Å². The van der Waals surface area contributed by atoms with Gasteiger partial charge in [-0.2, -0.15) is 0 Å². The molecule has 0 aliphatic rings. The van der Waals surface area contributed by atoms with Crippen LogP contribution in [0.1, 0.15) is 124 Å². The van der Waals surface area contributed by atoms with E-state index >= 15 is 0 Å². The molecular formula is C40H48BCl4O4-. The van der Waals surface area contributed by atoms with Crippen LogP contribution in [0.15, 0.2) is 48.5 Å². The lowest BCUT2D eigenvalue weighted by Gasteiger charge is -2.44. The van der Waals surface area contributed by atoms with Crippen molar-refractivity contribution in [1.29, 1.82) is 0 Å². The van der Waals surface area contributed by atoms with E-state index in [0.29, 0.717) is 43.1 Å². The second kappa shape index (κ2) is 15.7. The van der Waals surface area contributed by atoms with Gasteiger partial charge in [-0.1, -0.05) is 102 Å². The molecule has 4 nitrogen and oxygen atoms in total. The van der Waals surface area contributed by atoms with E-state index in [1.54, 1.807) is 0 Å². The third-order valence-electron chi connectivity index (χ3n) is 8.74. The molecule has 4 aromatic carbocycles. The van der Waals surface area contributed by atoms with E-state index in [-0.39, 0.29) is 23.7 Å². The molecule has 4 rings (SSSR count). The summed E-state index contributed by atoms with van der Waals surface area (Å²) in [6.45, 7) is 21.3. The molecule has 0 N–H and O–H groups in total. The zero-order chi connectivity index (χ0) is 36.5. The topological polar surface area (TPSA) is 36.9 Å². The van der Waals surface area contributed by atoms with Gasteiger partial charge in [0.2, 0.25) is 0 Å². The zero-order valence-corrected chi connectivity index (χ0v) is 33.7. The van der Waals surface area contributed by atoms with Crippen LogP contribution in [-0.2, 0) is 0 Å². The second-order valence-corrected chi connectivity index (χ2v) is 15.9. The largest absolute Gasteiger partial charge is 0.777 e. The summed E-state index contributed by atoms with van der Waals surface area (Å²) in [5.41, 5.74) is 6.86. The van der Waals surface area contributed by atoms with Gasteiger partial charge in [-0.15, -0.1) is 0 Å². The van der Waals surface area contributed by atoms with Crippen molar-refractivity contribution >= 4 is 53.4 Å². The van der Waals surface area contributed by atoms with Gasteiger partial charge < -0.3 is 18.6 Å². The highest BCUT2D eigenvalue weighted by Gasteiger charge is 2.45. The summed E-state index contributed by atoms with van der Waals surface area (Å²) in [7, 11) is 0. The molecule has 0 aliphatic heterocycles. The van der Waals surface area contributed by atoms with Crippen LogP contribution in [0.4, 0.5) is 0 Å². The van der Waals surface area contributed by atoms with Crippen molar-refractivity contribution in [1.82, 2.24) is 0 Å². The third-order valence-corrected chi connectivity index (χ3v) is 10.4. The maximum absolute atomic E-state index is 7.10. The minimum absolute atomic E-state index is 0.0543. The number of hydrogen-bond donors (Lipinski definition) is 0. The van der Waals surface area contributed by atoms with Gasteiger partial charge in [0.15, 0.2) is 0 Å². The van der Waals surface area contributed by atoms with E-state index in [2.05, 4.69) is 55.4 Å². The minimum Gasteiger partial charge on any atom is -0.611 e. The molecule has 0 bridgehead atoms. The van der Waals surface area contributed by atoms with Gasteiger partial charge >= 0.3 is 6.96 Å². The lowest BCUT2D eigenvalue weighted by molar-refractivity contribution is 0.157. The lowest BCUT2D eigenvalue weighted by Crippen LogP contribution is -2.61. The molecule has 0 fully saturated rings. The number of benzene rings is 4. The minimum atomic E-state index is -3.19. The quantitative estimate of drug-likeness (QED) is 0.135. The fourth-order valence-corrected chi connectivity index (χ4v) is 6.35. The van der Waals surface area contributed by atoms with Crippen molar-refractivity contribution in [3.8, 4) is 23.0 Å². The van der Waals surface area contributed by atoms with Gasteiger partial charge in [-0.05, 0) is 144 Å². The Labute approximate surface area is 313 Å². The van der Waals surface area contributed by atoms with Gasteiger partial charge in [0.25, 0.3) is 0 Å². The summed E-state index contributed by atoms with van der Waals surface area (Å²) in [5.74, 6) is 2.34. The molecule has 264 valence electrons. The van der Waals surface area contributed by atoms with Crippen LogP contribution in [0.3, 0.4) is 0 Å². The molecule has 0 aliphatic carbocycles. The molecule has 9 heteroatoms. The number of rotatable bonds is 12. The molecule has 0 heterocycles. The highest BCUT2D eigenvalue weighted by molar-refractivity contribution is 6.57. The van der Waals surface area contributed by atoms with Gasteiger partial charge in [0.1, 0.15) is 0 Å². The summed E-state index contributed by atoms with van der Waals surface area (Å²) >= 11 is 26.7. The van der Waals surface area contributed by atoms with Crippen LogP contribution in [0.5, 0.6) is 23.0 Å². The van der Waals surface area contributed by atoms with E-state index in [1.807, 2.05) is 76.2 Å². The molecule has 0 radical (unpaired) electrons. The molecule has 0 saturated carbocycles. The van der Waals surface area contributed by atoms with E-state index < -0.39 is 6.96 Å². The van der Waals surface area contributed by atoms with E-state index in [4.69, 9.17) is 65.0 Å². The van der Waals surface area contributed by atoms with Gasteiger partial charge in [0, 0.05) is 20.1 Å².